The van der Waals surface area contributed by atoms with E-state index in [9.17, 15) is 13.2 Å². The van der Waals surface area contributed by atoms with Crippen LogP contribution in [0.5, 0.6) is 0 Å². The number of nitrogens with zero attached hydrogens (tertiary/aromatic N) is 2. The second kappa shape index (κ2) is 11.8. The molecule has 2 nitrogen and oxygen atoms in total. The van der Waals surface area contributed by atoms with Gasteiger partial charge in [-0.1, -0.05) is 38.1 Å². The molecule has 0 bridgehead atoms. The topological polar surface area (TPSA) is 6.48 Å². The fourth-order valence-corrected chi connectivity index (χ4v) is 7.00. The Hall–Kier alpha value is -2.41. The molecule has 3 fully saturated rings. The van der Waals surface area contributed by atoms with Gasteiger partial charge in [0.15, 0.2) is 0 Å². The molecule has 0 aromatic heterocycles. The third-order valence-corrected chi connectivity index (χ3v) is 9.81. The van der Waals surface area contributed by atoms with Gasteiger partial charge in [-0.15, -0.1) is 0 Å². The zero-order chi connectivity index (χ0) is 28.5. The van der Waals surface area contributed by atoms with Crippen LogP contribution in [-0.2, 0) is 6.42 Å². The van der Waals surface area contributed by atoms with E-state index in [2.05, 4.69) is 18.4 Å². The fourth-order valence-electron chi connectivity index (χ4n) is 7.00. The van der Waals surface area contributed by atoms with Gasteiger partial charge < -0.3 is 9.80 Å². The molecule has 1 aliphatic carbocycles. The molecule has 218 valence electrons. The number of benzene rings is 2. The van der Waals surface area contributed by atoms with Crippen molar-refractivity contribution >= 4 is 5.70 Å². The van der Waals surface area contributed by atoms with E-state index in [0.717, 1.165) is 57.1 Å². The van der Waals surface area contributed by atoms with Crippen molar-refractivity contribution < 1.29 is 22.0 Å². The largest absolute Gasteiger partial charge is 0.395 e. The molecule has 0 spiro atoms. The molecular formula is C33H41F5N2. The standard InChI is InChI=1S/C33H41F5N2/c1-3-27-6-4-17-40(27)23(2)28-12-10-26(21-31(28)35)29-11-9-25(20-30(29)34)8-7-24-13-18-39(19-14-24)22-32(15-5-16-32)33(36,37)38/h9-12,20-21,24,27H,2-8,13-19,22H2,1H3. The number of hydrogen-bond acceptors (Lipinski definition) is 2. The van der Waals surface area contributed by atoms with Crippen molar-refractivity contribution in [3.05, 3.63) is 65.7 Å². The minimum atomic E-state index is -4.12. The molecule has 0 N–H and O–H groups in total. The molecule has 1 saturated carbocycles. The summed E-state index contributed by atoms with van der Waals surface area (Å²) in [4.78, 5) is 4.18. The Labute approximate surface area is 235 Å². The van der Waals surface area contributed by atoms with Gasteiger partial charge in [0, 0.05) is 36.0 Å². The summed E-state index contributed by atoms with van der Waals surface area (Å²) in [6.45, 7) is 8.69. The van der Waals surface area contributed by atoms with Crippen LogP contribution in [0.2, 0.25) is 0 Å². The lowest BCUT2D eigenvalue weighted by Gasteiger charge is -2.47. The van der Waals surface area contributed by atoms with Gasteiger partial charge in [0.1, 0.15) is 11.6 Å². The van der Waals surface area contributed by atoms with Gasteiger partial charge in [-0.3, -0.25) is 0 Å². The molecule has 40 heavy (non-hydrogen) atoms. The van der Waals surface area contributed by atoms with Crippen LogP contribution >= 0.6 is 0 Å². The SMILES string of the molecule is C=C(c1ccc(-c2ccc(CCC3CCN(CC4(C(F)(F)F)CCC4)CC3)cc2F)cc1F)N1CCCC1CC. The molecule has 2 saturated heterocycles. The lowest BCUT2D eigenvalue weighted by molar-refractivity contribution is -0.256. The average Bonchev–Trinajstić information content (AvgIpc) is 3.38. The van der Waals surface area contributed by atoms with Crippen molar-refractivity contribution in [2.24, 2.45) is 11.3 Å². The van der Waals surface area contributed by atoms with E-state index in [-0.39, 0.29) is 25.2 Å². The molecule has 0 radical (unpaired) electrons. The summed E-state index contributed by atoms with van der Waals surface area (Å²) < 4.78 is 70.9. The van der Waals surface area contributed by atoms with E-state index in [0.29, 0.717) is 53.9 Å². The number of rotatable bonds is 9. The molecule has 5 rings (SSSR count). The second-order valence-electron chi connectivity index (χ2n) is 12.2. The van der Waals surface area contributed by atoms with Crippen LogP contribution in [0.1, 0.15) is 75.8 Å². The summed E-state index contributed by atoms with van der Waals surface area (Å²) in [7, 11) is 0. The number of aryl methyl sites for hydroxylation is 1. The van der Waals surface area contributed by atoms with E-state index in [1.54, 1.807) is 18.2 Å². The minimum Gasteiger partial charge on any atom is -0.368 e. The van der Waals surface area contributed by atoms with Gasteiger partial charge in [-0.05, 0) is 106 Å². The maximum absolute atomic E-state index is 15.1. The van der Waals surface area contributed by atoms with Crippen molar-refractivity contribution in [3.63, 3.8) is 0 Å². The van der Waals surface area contributed by atoms with Gasteiger partial charge in [0.2, 0.25) is 0 Å². The Morgan fingerprint density at radius 2 is 1.70 bits per heavy atom. The van der Waals surface area contributed by atoms with E-state index < -0.39 is 17.4 Å². The minimum absolute atomic E-state index is 0.128. The summed E-state index contributed by atoms with van der Waals surface area (Å²) in [5.41, 5.74) is 1.42. The van der Waals surface area contributed by atoms with E-state index in [4.69, 9.17) is 0 Å². The third kappa shape index (κ3) is 5.95. The lowest BCUT2D eigenvalue weighted by atomic mass is 9.67. The smallest absolute Gasteiger partial charge is 0.368 e. The maximum atomic E-state index is 15.1. The van der Waals surface area contributed by atoms with Crippen molar-refractivity contribution in [1.82, 2.24) is 9.80 Å². The number of halogens is 5. The number of likely N-dealkylation sites (tertiary alicyclic amines) is 2. The zero-order valence-electron chi connectivity index (χ0n) is 23.5. The number of hydrogen-bond donors (Lipinski definition) is 0. The number of alkyl halides is 3. The molecule has 2 aromatic carbocycles. The molecule has 2 heterocycles. The summed E-state index contributed by atoms with van der Waals surface area (Å²) in [5, 5.41) is 0. The molecule has 2 aromatic rings. The lowest BCUT2D eigenvalue weighted by Crippen LogP contribution is -2.53. The average molecular weight is 561 g/mol. The molecule has 7 heteroatoms. The summed E-state index contributed by atoms with van der Waals surface area (Å²) >= 11 is 0. The Balaban J connectivity index is 1.15. The van der Waals surface area contributed by atoms with Crippen LogP contribution in [0.15, 0.2) is 43.0 Å². The predicted molar refractivity (Wildman–Crippen MR) is 151 cm³/mol. The van der Waals surface area contributed by atoms with Crippen LogP contribution < -0.4 is 0 Å². The molecular weight excluding hydrogens is 519 g/mol. The summed E-state index contributed by atoms with van der Waals surface area (Å²) in [6, 6.07) is 10.4. The molecule has 3 aliphatic rings. The van der Waals surface area contributed by atoms with Crippen LogP contribution in [0.25, 0.3) is 16.8 Å². The quantitative estimate of drug-likeness (QED) is 0.283. The highest BCUT2D eigenvalue weighted by Gasteiger charge is 2.58. The normalized spacial score (nSPS) is 21.9. The van der Waals surface area contributed by atoms with Crippen molar-refractivity contribution in [3.8, 4) is 11.1 Å². The van der Waals surface area contributed by atoms with Gasteiger partial charge in [-0.2, -0.15) is 13.2 Å². The van der Waals surface area contributed by atoms with E-state index in [1.165, 1.54) is 12.1 Å². The van der Waals surface area contributed by atoms with Gasteiger partial charge >= 0.3 is 6.18 Å². The Kier molecular flexibility index (Phi) is 8.61. The fraction of sp³-hybridized carbons (Fsp3) is 0.576. The van der Waals surface area contributed by atoms with Crippen LogP contribution in [0.3, 0.4) is 0 Å². The first-order valence-corrected chi connectivity index (χ1v) is 14.9. The Bertz CT molecular complexity index is 1190. The Morgan fingerprint density at radius 1 is 0.950 bits per heavy atom. The van der Waals surface area contributed by atoms with Gasteiger partial charge in [0.05, 0.1) is 5.41 Å². The monoisotopic (exact) mass is 560 g/mol. The maximum Gasteiger partial charge on any atom is 0.395 e. The van der Waals surface area contributed by atoms with E-state index >= 15 is 8.78 Å². The summed E-state index contributed by atoms with van der Waals surface area (Å²) in [5.74, 6) is -0.334. The predicted octanol–water partition coefficient (Wildman–Crippen LogP) is 8.85. The first-order valence-electron chi connectivity index (χ1n) is 14.9. The highest BCUT2D eigenvalue weighted by atomic mass is 19.4. The third-order valence-electron chi connectivity index (χ3n) is 9.81. The van der Waals surface area contributed by atoms with Crippen LogP contribution in [0, 0.1) is 23.0 Å². The second-order valence-corrected chi connectivity index (χ2v) is 12.2. The highest BCUT2D eigenvalue weighted by Crippen LogP contribution is 2.53. The van der Waals surface area contributed by atoms with Gasteiger partial charge in [0.25, 0.3) is 0 Å². The van der Waals surface area contributed by atoms with Crippen LogP contribution in [0.4, 0.5) is 22.0 Å². The number of piperidine rings is 1. The van der Waals surface area contributed by atoms with E-state index in [1.807, 2.05) is 11.0 Å². The highest BCUT2D eigenvalue weighted by molar-refractivity contribution is 5.70. The Morgan fingerprint density at radius 3 is 2.30 bits per heavy atom. The molecule has 1 atom stereocenters. The van der Waals surface area contributed by atoms with Gasteiger partial charge in [-0.25, -0.2) is 8.78 Å². The molecule has 1 unspecified atom stereocenters. The zero-order valence-corrected chi connectivity index (χ0v) is 23.5. The first-order chi connectivity index (χ1) is 19.1. The van der Waals surface area contributed by atoms with Crippen LogP contribution in [-0.4, -0.2) is 48.2 Å². The van der Waals surface area contributed by atoms with Crippen molar-refractivity contribution in [1.29, 1.82) is 0 Å². The molecule has 2 aliphatic heterocycles. The van der Waals surface area contributed by atoms with Crippen molar-refractivity contribution in [2.75, 3.05) is 26.2 Å². The molecule has 0 amide bonds. The van der Waals surface area contributed by atoms with Crippen molar-refractivity contribution in [2.45, 2.75) is 83.4 Å². The first kappa shape index (κ1) is 29.1. The summed E-state index contributed by atoms with van der Waals surface area (Å²) in [6.07, 6.45) is 3.58.